The van der Waals surface area contributed by atoms with Crippen molar-refractivity contribution in [1.29, 1.82) is 0 Å². The van der Waals surface area contributed by atoms with Gasteiger partial charge in [-0.3, -0.25) is 19.3 Å². The first-order valence-electron chi connectivity index (χ1n) is 9.97. The van der Waals surface area contributed by atoms with Crippen molar-refractivity contribution < 1.29 is 33.4 Å². The highest BCUT2D eigenvalue weighted by atomic mass is 16.5. The summed E-state index contributed by atoms with van der Waals surface area (Å²) in [7, 11) is 0. The average Bonchev–Trinajstić information content (AvgIpc) is 2.95. The van der Waals surface area contributed by atoms with E-state index in [1.165, 1.54) is 0 Å². The molecule has 0 aromatic carbocycles. The molecule has 2 aliphatic heterocycles. The van der Waals surface area contributed by atoms with Crippen molar-refractivity contribution in [2.45, 2.75) is 39.2 Å². The van der Waals surface area contributed by atoms with Gasteiger partial charge in [0.05, 0.1) is 42.2 Å². The fourth-order valence-corrected chi connectivity index (χ4v) is 3.91. The van der Waals surface area contributed by atoms with Gasteiger partial charge in [0, 0.05) is 6.54 Å². The second-order valence-corrected chi connectivity index (χ2v) is 7.33. The van der Waals surface area contributed by atoms with E-state index in [9.17, 15) is 24.0 Å². The van der Waals surface area contributed by atoms with E-state index in [2.05, 4.69) is 10.6 Å². The number of urea groups is 1. The normalized spacial score (nSPS) is 25.6. The number of rotatable bonds is 7. The molecule has 4 amide bonds. The van der Waals surface area contributed by atoms with Crippen LogP contribution in [0.1, 0.15) is 33.1 Å². The minimum Gasteiger partial charge on any atom is -0.463 e. The highest BCUT2D eigenvalue weighted by molar-refractivity contribution is 6.05. The fraction of sp³-hybridized carbons (Fsp3) is 0.550. The fourth-order valence-electron chi connectivity index (χ4n) is 3.91. The lowest BCUT2D eigenvalue weighted by molar-refractivity contribution is -0.146. The van der Waals surface area contributed by atoms with Gasteiger partial charge in [-0.05, 0) is 26.7 Å². The lowest BCUT2D eigenvalue weighted by Crippen LogP contribution is -2.50. The molecule has 0 radical (unpaired) electrons. The molecule has 30 heavy (non-hydrogen) atoms. The number of imide groups is 1. The molecule has 2 N–H and O–H groups in total. The Morgan fingerprint density at radius 2 is 1.73 bits per heavy atom. The summed E-state index contributed by atoms with van der Waals surface area (Å²) in [6.07, 6.45) is 4.69. The third-order valence-electron chi connectivity index (χ3n) is 5.38. The van der Waals surface area contributed by atoms with Crippen LogP contribution in [-0.4, -0.2) is 60.5 Å². The number of nitrogens with one attached hydrogen (secondary N) is 2. The average molecular weight is 419 g/mol. The second-order valence-electron chi connectivity index (χ2n) is 7.33. The standard InChI is InChI=1S/C20H25N3O7/c1-3-29-19(27)16-11(2)21-20(28)22-14(16)10-30-15(24)8-9-23-17(25)12-6-4-5-7-13(12)18(23)26/h4-5,11-13H,3,6-10H2,1-2H3,(H2,21,22,28)/t11-,12+,13+/m0/s1. The molecule has 2 heterocycles. The third-order valence-corrected chi connectivity index (χ3v) is 5.38. The molecule has 10 heteroatoms. The summed E-state index contributed by atoms with van der Waals surface area (Å²) >= 11 is 0. The smallest absolute Gasteiger partial charge is 0.338 e. The Bertz CT molecular complexity index is 806. The van der Waals surface area contributed by atoms with Crippen LogP contribution in [0.5, 0.6) is 0 Å². The Labute approximate surface area is 173 Å². The van der Waals surface area contributed by atoms with Crippen LogP contribution in [0, 0.1) is 11.8 Å². The SMILES string of the molecule is CCOC(=O)C1=C(COC(=O)CCN2C(=O)[C@@H]3CC=CC[C@H]3C2=O)NC(=O)N[C@H]1C. The Kier molecular flexibility index (Phi) is 6.53. The number of likely N-dealkylation sites (tertiary alicyclic amines) is 1. The van der Waals surface area contributed by atoms with E-state index in [0.29, 0.717) is 12.8 Å². The largest absolute Gasteiger partial charge is 0.463 e. The van der Waals surface area contributed by atoms with Gasteiger partial charge >= 0.3 is 18.0 Å². The quantitative estimate of drug-likeness (QED) is 0.347. The van der Waals surface area contributed by atoms with E-state index in [-0.39, 0.29) is 61.1 Å². The molecule has 3 rings (SSSR count). The maximum atomic E-state index is 12.4. The first kappa shape index (κ1) is 21.5. The number of fused-ring (bicyclic) bond motifs is 1. The number of hydrogen-bond donors (Lipinski definition) is 2. The molecule has 0 bridgehead atoms. The monoisotopic (exact) mass is 419 g/mol. The first-order chi connectivity index (χ1) is 14.3. The molecule has 0 unspecified atom stereocenters. The zero-order valence-corrected chi connectivity index (χ0v) is 16.9. The predicted molar refractivity (Wildman–Crippen MR) is 102 cm³/mol. The van der Waals surface area contributed by atoms with Crippen LogP contribution in [0.15, 0.2) is 23.4 Å². The van der Waals surface area contributed by atoms with Gasteiger partial charge in [-0.1, -0.05) is 12.2 Å². The first-order valence-corrected chi connectivity index (χ1v) is 9.97. The summed E-state index contributed by atoms with van der Waals surface area (Å²) in [5, 5.41) is 5.01. The molecule has 3 aliphatic rings. The lowest BCUT2D eigenvalue weighted by Gasteiger charge is -2.26. The Morgan fingerprint density at radius 3 is 2.33 bits per heavy atom. The van der Waals surface area contributed by atoms with Crippen molar-refractivity contribution in [3.63, 3.8) is 0 Å². The van der Waals surface area contributed by atoms with E-state index in [1.54, 1.807) is 13.8 Å². The number of ether oxygens (including phenoxy) is 2. The highest BCUT2D eigenvalue weighted by Gasteiger charge is 2.47. The van der Waals surface area contributed by atoms with E-state index in [0.717, 1.165) is 4.90 Å². The molecule has 1 saturated heterocycles. The highest BCUT2D eigenvalue weighted by Crippen LogP contribution is 2.35. The van der Waals surface area contributed by atoms with Crippen molar-refractivity contribution in [1.82, 2.24) is 15.5 Å². The summed E-state index contributed by atoms with van der Waals surface area (Å²) in [6.45, 7) is 3.04. The van der Waals surface area contributed by atoms with Gasteiger partial charge < -0.3 is 20.1 Å². The molecule has 1 fully saturated rings. The minimum atomic E-state index is -0.653. The molecule has 10 nitrogen and oxygen atoms in total. The van der Waals surface area contributed by atoms with Crippen LogP contribution in [0.4, 0.5) is 4.79 Å². The van der Waals surface area contributed by atoms with Gasteiger partial charge in [0.1, 0.15) is 6.61 Å². The summed E-state index contributed by atoms with van der Waals surface area (Å²) < 4.78 is 10.2. The van der Waals surface area contributed by atoms with Crippen LogP contribution >= 0.6 is 0 Å². The molecular weight excluding hydrogens is 394 g/mol. The molecule has 0 saturated carbocycles. The number of carbonyl (C=O) groups is 5. The Balaban J connectivity index is 1.57. The van der Waals surface area contributed by atoms with Gasteiger partial charge in [-0.15, -0.1) is 0 Å². The Hall–Kier alpha value is -3.17. The van der Waals surface area contributed by atoms with Crippen LogP contribution in [0.2, 0.25) is 0 Å². The zero-order chi connectivity index (χ0) is 21.8. The molecule has 0 aromatic rings. The maximum Gasteiger partial charge on any atom is 0.338 e. The number of amides is 4. The summed E-state index contributed by atoms with van der Waals surface area (Å²) in [4.78, 5) is 62.0. The molecule has 0 aromatic heterocycles. The zero-order valence-electron chi connectivity index (χ0n) is 16.9. The molecule has 0 spiro atoms. The van der Waals surface area contributed by atoms with Crippen molar-refractivity contribution in [2.75, 3.05) is 19.8 Å². The van der Waals surface area contributed by atoms with Crippen LogP contribution < -0.4 is 10.6 Å². The number of esters is 2. The second kappa shape index (κ2) is 9.10. The van der Waals surface area contributed by atoms with Crippen LogP contribution in [-0.2, 0) is 28.7 Å². The van der Waals surface area contributed by atoms with Crippen molar-refractivity contribution in [2.24, 2.45) is 11.8 Å². The number of hydrogen-bond acceptors (Lipinski definition) is 7. The lowest BCUT2D eigenvalue weighted by atomic mass is 9.85. The van der Waals surface area contributed by atoms with Crippen molar-refractivity contribution >= 4 is 29.8 Å². The summed E-state index contributed by atoms with van der Waals surface area (Å²) in [5.74, 6) is -2.47. The van der Waals surface area contributed by atoms with Gasteiger partial charge in [0.25, 0.3) is 0 Å². The summed E-state index contributed by atoms with van der Waals surface area (Å²) in [5.41, 5.74) is 0.314. The van der Waals surface area contributed by atoms with Crippen molar-refractivity contribution in [3.8, 4) is 0 Å². The van der Waals surface area contributed by atoms with E-state index in [1.807, 2.05) is 12.2 Å². The number of allylic oxidation sites excluding steroid dienone is 2. The molecule has 162 valence electrons. The minimum absolute atomic E-state index is 0.0579. The topological polar surface area (TPSA) is 131 Å². The Morgan fingerprint density at radius 1 is 1.10 bits per heavy atom. The van der Waals surface area contributed by atoms with Crippen molar-refractivity contribution in [3.05, 3.63) is 23.4 Å². The van der Waals surface area contributed by atoms with Gasteiger partial charge in [0.15, 0.2) is 0 Å². The van der Waals surface area contributed by atoms with Gasteiger partial charge in [0.2, 0.25) is 11.8 Å². The number of nitrogens with zero attached hydrogens (tertiary/aromatic N) is 1. The predicted octanol–water partition coefficient (Wildman–Crippen LogP) is 0.389. The summed E-state index contributed by atoms with van der Waals surface area (Å²) in [6, 6.07) is -1.13. The molecule has 3 atom stereocenters. The van der Waals surface area contributed by atoms with E-state index in [4.69, 9.17) is 9.47 Å². The number of carbonyl (C=O) groups excluding carboxylic acids is 5. The van der Waals surface area contributed by atoms with Gasteiger partial charge in [-0.25, -0.2) is 9.59 Å². The molecular formula is C20H25N3O7. The van der Waals surface area contributed by atoms with E-state index >= 15 is 0 Å². The molecule has 1 aliphatic carbocycles. The van der Waals surface area contributed by atoms with Crippen LogP contribution in [0.3, 0.4) is 0 Å². The van der Waals surface area contributed by atoms with Crippen LogP contribution in [0.25, 0.3) is 0 Å². The van der Waals surface area contributed by atoms with Gasteiger partial charge in [-0.2, -0.15) is 0 Å². The van der Waals surface area contributed by atoms with E-state index < -0.39 is 24.0 Å². The third kappa shape index (κ3) is 4.37. The maximum absolute atomic E-state index is 12.4.